The van der Waals surface area contributed by atoms with Crippen LogP contribution in [0.2, 0.25) is 0 Å². The van der Waals surface area contributed by atoms with Gasteiger partial charge in [0.05, 0.1) is 0 Å². The van der Waals surface area contributed by atoms with Crippen molar-refractivity contribution >= 4 is 0 Å². The predicted molar refractivity (Wildman–Crippen MR) is 40.9 cm³/mol. The van der Waals surface area contributed by atoms with E-state index in [0.717, 1.165) is 0 Å². The summed E-state index contributed by atoms with van der Waals surface area (Å²) in [5.41, 5.74) is 4.50. The summed E-state index contributed by atoms with van der Waals surface area (Å²) in [6.07, 6.45) is 0. The zero-order chi connectivity index (χ0) is 4.00. The Morgan fingerprint density at radius 3 is 1.00 bits per heavy atom. The molecule has 0 amide bonds. The van der Waals surface area contributed by atoms with Crippen LogP contribution >= 0.6 is 0 Å². The van der Waals surface area contributed by atoms with Crippen LogP contribution in [-0.2, 0) is 18.6 Å². The van der Waals surface area contributed by atoms with Gasteiger partial charge in [0.1, 0.15) is 0 Å². The summed E-state index contributed by atoms with van der Waals surface area (Å²) in [6, 6.07) is 0. The Bertz CT molecular complexity index is 8.49. The number of hydrogen-bond acceptors (Lipinski definition) is 1. The molecule has 8 heavy (non-hydrogen) atoms. The van der Waals surface area contributed by atoms with E-state index in [4.69, 9.17) is 0 Å². The summed E-state index contributed by atoms with van der Waals surface area (Å²) in [5, 5.41) is 0. The third-order valence-corrected chi connectivity index (χ3v) is 0. The minimum Gasteiger partial charge on any atom is -0.358 e. The molecule has 0 saturated carbocycles. The monoisotopic (exact) mass is 156 g/mol. The van der Waals surface area contributed by atoms with Crippen LogP contribution in [0.5, 0.6) is 0 Å². The van der Waals surface area contributed by atoms with E-state index in [9.17, 15) is 0 Å². The van der Waals surface area contributed by atoms with Gasteiger partial charge in [-0.05, 0) is 7.05 Å². The molecule has 0 aromatic rings. The van der Waals surface area contributed by atoms with Crippen molar-refractivity contribution in [3.8, 4) is 0 Å². The molecule has 53 valence electrons. The van der Waals surface area contributed by atoms with Gasteiger partial charge in [-0.15, -0.1) is 13.2 Å². The van der Waals surface area contributed by atoms with Crippen LogP contribution in [0, 0.1) is 14.9 Å². The molecule has 0 saturated heterocycles. The second-order valence-electron chi connectivity index (χ2n) is 0. The summed E-state index contributed by atoms with van der Waals surface area (Å²) in [5.74, 6) is 0. The Morgan fingerprint density at radius 2 is 1.00 bits per heavy atom. The Morgan fingerprint density at radius 1 is 1.00 bits per heavy atom. The molecular formula is C6H19NV. The molecule has 0 spiro atoms. The molecule has 2 N–H and O–H groups in total. The summed E-state index contributed by atoms with van der Waals surface area (Å²) >= 11 is 0. The van der Waals surface area contributed by atoms with Crippen molar-refractivity contribution in [2.45, 2.75) is 7.43 Å². The Labute approximate surface area is 67.2 Å². The average molecular weight is 156 g/mol. The van der Waals surface area contributed by atoms with Crippen LogP contribution in [0.3, 0.4) is 0 Å². The second-order valence-corrected chi connectivity index (χ2v) is 0. The molecule has 0 atom stereocenters. The summed E-state index contributed by atoms with van der Waals surface area (Å²) < 4.78 is 0. The zero-order valence-corrected chi connectivity index (χ0v) is 6.84. The van der Waals surface area contributed by atoms with Crippen LogP contribution in [-0.4, -0.2) is 7.05 Å². The largest absolute Gasteiger partial charge is 2.00 e. The average Bonchev–Trinajstić information content (AvgIpc) is 1.50. The minimum atomic E-state index is 0. The Kier molecular flexibility index (Phi) is 37400. The van der Waals surface area contributed by atoms with E-state index in [0.29, 0.717) is 0 Å². The Hall–Kier alpha value is 0.284. The van der Waals surface area contributed by atoms with Crippen molar-refractivity contribution in [1.82, 2.24) is 0 Å². The first-order chi connectivity index (χ1) is 2.00. The van der Waals surface area contributed by atoms with Crippen molar-refractivity contribution in [1.29, 1.82) is 0 Å². The van der Waals surface area contributed by atoms with Crippen LogP contribution in [0.25, 0.3) is 0 Å². The van der Waals surface area contributed by atoms with Crippen molar-refractivity contribution in [3.05, 3.63) is 28.0 Å². The molecular weight excluding hydrogens is 137 g/mol. The van der Waals surface area contributed by atoms with Gasteiger partial charge in [-0.1, -0.05) is 7.43 Å². The zero-order valence-electron chi connectivity index (χ0n) is 5.44. The van der Waals surface area contributed by atoms with Crippen LogP contribution < -0.4 is 5.73 Å². The predicted octanol–water partition coefficient (Wildman–Crippen LogP) is 1.91. The normalized spacial score (nSPS) is 1.25. The number of rotatable bonds is 0. The molecule has 2 heteroatoms. The van der Waals surface area contributed by atoms with E-state index in [-0.39, 0.29) is 40.8 Å². The first-order valence-corrected chi connectivity index (χ1v) is 1.08. The molecule has 0 aliphatic carbocycles. The van der Waals surface area contributed by atoms with Crippen molar-refractivity contribution < 1.29 is 18.6 Å². The van der Waals surface area contributed by atoms with E-state index >= 15 is 0 Å². The maximum atomic E-state index is 4.50. The molecule has 0 aliphatic heterocycles. The van der Waals surface area contributed by atoms with Gasteiger partial charge in [0, 0.05) is 0 Å². The van der Waals surface area contributed by atoms with Crippen molar-refractivity contribution in [2.75, 3.05) is 7.05 Å². The second kappa shape index (κ2) is 3560. The summed E-state index contributed by atoms with van der Waals surface area (Å²) in [4.78, 5) is 0. The van der Waals surface area contributed by atoms with E-state index in [1.165, 1.54) is 7.05 Å². The van der Waals surface area contributed by atoms with E-state index in [1.807, 2.05) is 0 Å². The molecule has 0 rings (SSSR count). The van der Waals surface area contributed by atoms with Gasteiger partial charge in [0.2, 0.25) is 0 Å². The van der Waals surface area contributed by atoms with Crippen molar-refractivity contribution in [3.63, 3.8) is 0 Å². The van der Waals surface area contributed by atoms with Gasteiger partial charge < -0.3 is 20.6 Å². The van der Waals surface area contributed by atoms with Gasteiger partial charge in [-0.25, -0.2) is 0 Å². The first-order valence-electron chi connectivity index (χ1n) is 1.08. The maximum absolute atomic E-state index is 4.50. The third-order valence-electron chi connectivity index (χ3n) is 0. The maximum Gasteiger partial charge on any atom is 2.00 e. The molecule has 0 fully saturated rings. The van der Waals surface area contributed by atoms with E-state index in [2.05, 4.69) is 18.9 Å². The fourth-order valence-corrected chi connectivity index (χ4v) is 0. The summed E-state index contributed by atoms with van der Waals surface area (Å²) in [6.45, 7) is 6.00. The molecule has 0 aromatic heterocycles. The fraction of sp³-hybridized carbons (Fsp3) is 0.333. The topological polar surface area (TPSA) is 26.0 Å². The van der Waals surface area contributed by atoms with Gasteiger partial charge >= 0.3 is 18.6 Å². The molecule has 1 nitrogen and oxygen atoms in total. The van der Waals surface area contributed by atoms with E-state index < -0.39 is 0 Å². The summed E-state index contributed by atoms with van der Waals surface area (Å²) in [7, 11) is 1.50. The fourth-order valence-electron chi connectivity index (χ4n) is 0. The van der Waals surface area contributed by atoms with Gasteiger partial charge in [0.25, 0.3) is 0 Å². The minimum absolute atomic E-state index is 0. The van der Waals surface area contributed by atoms with Gasteiger partial charge in [0.15, 0.2) is 0 Å². The molecule has 0 bridgehead atoms. The molecule has 1 radical (unpaired) electrons. The molecule has 0 unspecified atom stereocenters. The smallest absolute Gasteiger partial charge is 0.358 e. The van der Waals surface area contributed by atoms with Crippen LogP contribution in [0.4, 0.5) is 0 Å². The standard InChI is InChI=1S/C2H4.CH5N.CH4.2CH3.V/c2*1-2;;;;/h1-2H2;2H2,1H3;1H4;2*1H3;/q;;;2*-1;+2. The molecule has 0 heterocycles. The number of nitrogens with two attached hydrogens (primary N) is 1. The number of hydrogen-bond donors (Lipinski definition) is 1. The Balaban J connectivity index is -0.00000000167. The van der Waals surface area contributed by atoms with Gasteiger partial charge in [-0.3, -0.25) is 0 Å². The van der Waals surface area contributed by atoms with E-state index in [1.54, 1.807) is 0 Å². The SMILES string of the molecule is C.C=C.CN.[CH3-].[CH3-].[V+2]. The molecule has 0 aromatic carbocycles. The van der Waals surface area contributed by atoms with Crippen LogP contribution in [0.15, 0.2) is 13.2 Å². The first kappa shape index (κ1) is 84.2. The van der Waals surface area contributed by atoms with Crippen LogP contribution in [0.1, 0.15) is 7.43 Å². The van der Waals surface area contributed by atoms with Crippen molar-refractivity contribution in [2.24, 2.45) is 5.73 Å². The quantitative estimate of drug-likeness (QED) is 0.420. The van der Waals surface area contributed by atoms with Gasteiger partial charge in [-0.2, -0.15) is 0 Å². The third kappa shape index (κ3) is 2170. The molecule has 0 aliphatic rings.